The van der Waals surface area contributed by atoms with Crippen molar-refractivity contribution >= 4 is 17.4 Å². The molecule has 0 atom stereocenters. The Morgan fingerprint density at radius 2 is 1.00 bits per heavy atom. The van der Waals surface area contributed by atoms with Crippen LogP contribution in [-0.4, -0.2) is 17.4 Å². The largest absolute Gasteiger partial charge is 0.344 e. The van der Waals surface area contributed by atoms with Gasteiger partial charge in [-0.2, -0.15) is 0 Å². The van der Waals surface area contributed by atoms with Crippen molar-refractivity contribution in [2.75, 3.05) is 0 Å². The van der Waals surface area contributed by atoms with Gasteiger partial charge in [-0.25, -0.2) is 0 Å². The third-order valence-electron chi connectivity index (χ3n) is 0. The van der Waals surface area contributed by atoms with Gasteiger partial charge in [-0.1, -0.05) is 0 Å². The van der Waals surface area contributed by atoms with E-state index in [9.17, 15) is 0 Å². The van der Waals surface area contributed by atoms with Crippen LogP contribution >= 0.6 is 0 Å². The van der Waals surface area contributed by atoms with Crippen LogP contribution in [0.5, 0.6) is 0 Å². The zero-order valence-corrected chi connectivity index (χ0v) is 5.35. The van der Waals surface area contributed by atoms with Crippen LogP contribution in [0.1, 0.15) is 0 Å². The average Bonchev–Trinajstić information content (AvgIpc) is 0. The van der Waals surface area contributed by atoms with Gasteiger partial charge in [0.25, 0.3) is 0 Å². The Morgan fingerprint density at radius 1 is 1.00 bits per heavy atom. The van der Waals surface area contributed by atoms with Crippen LogP contribution in [0.15, 0.2) is 0 Å². The van der Waals surface area contributed by atoms with Gasteiger partial charge in [0.2, 0.25) is 0 Å². The van der Waals surface area contributed by atoms with Gasteiger partial charge in [-0.3, -0.25) is 0 Å². The molecule has 4 heteroatoms. The van der Waals surface area contributed by atoms with Gasteiger partial charge in [0, 0.05) is 43.6 Å². The molecule has 0 aromatic rings. The fraction of sp³-hybridized carbons (Fsp3) is 0. The zero-order valence-electron chi connectivity index (χ0n) is 1.62. The maximum Gasteiger partial charge on any atom is 0.187 e. The minimum atomic E-state index is 0. The number of rotatable bonds is 0. The molecular formula is H6AlCrNZr. The summed E-state index contributed by atoms with van der Waals surface area (Å²) in [7, 11) is 0. The summed E-state index contributed by atoms with van der Waals surface area (Å²) in [6.07, 6.45) is 0. The topological polar surface area (TPSA) is 35.0 Å². The summed E-state index contributed by atoms with van der Waals surface area (Å²) in [5.74, 6) is 0. The van der Waals surface area contributed by atoms with Crippen LogP contribution in [0.3, 0.4) is 0 Å². The molecule has 0 aliphatic heterocycles. The van der Waals surface area contributed by atoms with Crippen molar-refractivity contribution in [2.45, 2.75) is 0 Å². The normalized spacial score (nSPS) is 0. The average molecular weight is 190 g/mol. The molecule has 0 radical (unpaired) electrons. The molecule has 0 rings (SSSR count). The Bertz CT molecular complexity index is 8.00. The first-order valence-corrected chi connectivity index (χ1v) is 0. The van der Waals surface area contributed by atoms with Gasteiger partial charge in [-0.15, -0.1) is 0 Å². The zero-order chi connectivity index (χ0) is 0. The molecule has 0 amide bonds. The van der Waals surface area contributed by atoms with Crippen LogP contribution in [-0.2, 0) is 43.6 Å². The van der Waals surface area contributed by atoms with Crippen molar-refractivity contribution in [3.63, 3.8) is 0 Å². The Labute approximate surface area is 66.5 Å². The van der Waals surface area contributed by atoms with Crippen molar-refractivity contribution in [2.24, 2.45) is 0 Å². The summed E-state index contributed by atoms with van der Waals surface area (Å²) in [6, 6.07) is 0. The predicted molar refractivity (Wildman–Crippen MR) is 15.0 cm³/mol. The van der Waals surface area contributed by atoms with E-state index in [0.29, 0.717) is 0 Å². The summed E-state index contributed by atoms with van der Waals surface area (Å²) in [6.45, 7) is 0. The van der Waals surface area contributed by atoms with E-state index in [2.05, 4.69) is 0 Å². The van der Waals surface area contributed by atoms with E-state index in [0.717, 1.165) is 0 Å². The summed E-state index contributed by atoms with van der Waals surface area (Å²) in [5.41, 5.74) is 0. The van der Waals surface area contributed by atoms with Crippen molar-refractivity contribution in [1.82, 2.24) is 6.15 Å². The second kappa shape index (κ2) is 20.6. The second-order valence-corrected chi connectivity index (χ2v) is 0. The van der Waals surface area contributed by atoms with Gasteiger partial charge in [0.15, 0.2) is 17.4 Å². The maximum absolute atomic E-state index is 0. The maximum atomic E-state index is 0. The Balaban J connectivity index is 0. The second-order valence-electron chi connectivity index (χ2n) is 0. The smallest absolute Gasteiger partial charge is 0.187 e. The molecule has 0 aliphatic rings. The molecule has 0 bridgehead atoms. The predicted octanol–water partition coefficient (Wildman–Crippen LogP) is -1.03. The van der Waals surface area contributed by atoms with Crippen molar-refractivity contribution in [1.29, 1.82) is 0 Å². The molecule has 0 unspecified atom stereocenters. The first-order valence-electron chi connectivity index (χ1n) is 0. The van der Waals surface area contributed by atoms with Crippen molar-refractivity contribution < 1.29 is 43.6 Å². The van der Waals surface area contributed by atoms with Crippen LogP contribution in [0.25, 0.3) is 0 Å². The minimum absolute atomic E-state index is 0. The molecule has 4 heavy (non-hydrogen) atoms. The van der Waals surface area contributed by atoms with Gasteiger partial charge < -0.3 is 6.15 Å². The quantitative estimate of drug-likeness (QED) is 0.487. The molecule has 0 fully saturated rings. The molecule has 3 N–H and O–H groups in total. The molecule has 0 aromatic heterocycles. The molecular weight excluding hydrogens is 184 g/mol. The van der Waals surface area contributed by atoms with Crippen LogP contribution in [0.4, 0.5) is 0 Å². The van der Waals surface area contributed by atoms with Gasteiger partial charge in [-0.05, 0) is 0 Å². The first kappa shape index (κ1) is 39.1. The fourth-order valence-corrected chi connectivity index (χ4v) is 0. The van der Waals surface area contributed by atoms with E-state index >= 15 is 0 Å². The fourth-order valence-electron chi connectivity index (χ4n) is 0. The van der Waals surface area contributed by atoms with Crippen molar-refractivity contribution in [3.8, 4) is 0 Å². The van der Waals surface area contributed by atoms with E-state index in [1.165, 1.54) is 0 Å². The number of hydrogen-bond acceptors (Lipinski definition) is 1. The molecule has 0 saturated carbocycles. The van der Waals surface area contributed by atoms with Crippen LogP contribution in [0, 0.1) is 0 Å². The molecule has 1 nitrogen and oxygen atoms in total. The third kappa shape index (κ3) is 9.08. The molecule has 0 aliphatic carbocycles. The molecule has 0 heterocycles. The Kier molecular flexibility index (Phi) is 201. The summed E-state index contributed by atoms with van der Waals surface area (Å²) in [5, 5.41) is 0. The van der Waals surface area contributed by atoms with E-state index in [-0.39, 0.29) is 67.1 Å². The molecule has 0 spiro atoms. The van der Waals surface area contributed by atoms with E-state index in [4.69, 9.17) is 0 Å². The van der Waals surface area contributed by atoms with Crippen LogP contribution in [0.2, 0.25) is 0 Å². The molecule has 0 saturated heterocycles. The molecule has 0 aromatic carbocycles. The van der Waals surface area contributed by atoms with Gasteiger partial charge >= 0.3 is 0 Å². The van der Waals surface area contributed by atoms with Gasteiger partial charge in [0.1, 0.15) is 0 Å². The minimum Gasteiger partial charge on any atom is -0.344 e. The van der Waals surface area contributed by atoms with Crippen LogP contribution < -0.4 is 6.15 Å². The summed E-state index contributed by atoms with van der Waals surface area (Å²) in [4.78, 5) is 0. The van der Waals surface area contributed by atoms with E-state index in [1.54, 1.807) is 0 Å². The Hall–Kier alpha value is 1.91. The SMILES string of the molecule is N.[AlH3].[Cr].[Zr]. The summed E-state index contributed by atoms with van der Waals surface area (Å²) < 4.78 is 0. The Morgan fingerprint density at radius 3 is 1.00 bits per heavy atom. The van der Waals surface area contributed by atoms with E-state index in [1.807, 2.05) is 0 Å². The monoisotopic (exact) mass is 189 g/mol. The number of hydrogen-bond donors (Lipinski definition) is 1. The van der Waals surface area contributed by atoms with Crippen molar-refractivity contribution in [3.05, 3.63) is 0 Å². The standard InChI is InChI=1S/Al.Cr.H3N.Zr.3H/h;;1H3;;;;. The van der Waals surface area contributed by atoms with E-state index < -0.39 is 0 Å². The summed E-state index contributed by atoms with van der Waals surface area (Å²) >= 11 is 0. The third-order valence-corrected chi connectivity index (χ3v) is 0. The molecule has 24 valence electrons. The van der Waals surface area contributed by atoms with Gasteiger partial charge in [0.05, 0.1) is 0 Å². The first-order chi connectivity index (χ1) is 0.